The third kappa shape index (κ3) is 5.04. The van der Waals surface area contributed by atoms with Crippen molar-refractivity contribution >= 4 is 6.03 Å². The first kappa shape index (κ1) is 15.8. The van der Waals surface area contributed by atoms with E-state index < -0.39 is 0 Å². The summed E-state index contributed by atoms with van der Waals surface area (Å²) in [4.78, 5) is 21.6. The molecule has 1 aromatic rings. The van der Waals surface area contributed by atoms with Crippen molar-refractivity contribution in [3.8, 4) is 0 Å². The van der Waals surface area contributed by atoms with E-state index in [0.29, 0.717) is 5.92 Å². The van der Waals surface area contributed by atoms with Crippen molar-refractivity contribution in [2.45, 2.75) is 46.2 Å². The summed E-state index contributed by atoms with van der Waals surface area (Å²) >= 11 is 0. The van der Waals surface area contributed by atoms with Gasteiger partial charge in [-0.2, -0.15) is 0 Å². The number of carbonyl (C=O) groups excluding carboxylic acids is 1. The average Bonchev–Trinajstić information content (AvgIpc) is 2.96. The van der Waals surface area contributed by atoms with Gasteiger partial charge >= 0.3 is 6.03 Å². The van der Waals surface area contributed by atoms with Gasteiger partial charge in [0.2, 0.25) is 0 Å². The molecule has 1 saturated heterocycles. The van der Waals surface area contributed by atoms with E-state index in [-0.39, 0.29) is 11.6 Å². The maximum Gasteiger partial charge on any atom is 0.315 e. The number of rotatable bonds is 4. The highest BCUT2D eigenvalue weighted by atomic mass is 16.2. The molecule has 0 bridgehead atoms. The van der Waals surface area contributed by atoms with Gasteiger partial charge in [-0.1, -0.05) is 0 Å². The number of hydrogen-bond donors (Lipinski definition) is 3. The first-order valence-electron chi connectivity index (χ1n) is 7.61. The van der Waals surface area contributed by atoms with Gasteiger partial charge in [0.15, 0.2) is 0 Å². The topological polar surface area (TPSA) is 73.0 Å². The Morgan fingerprint density at radius 2 is 2.29 bits per heavy atom. The fourth-order valence-electron chi connectivity index (χ4n) is 2.60. The maximum absolute atomic E-state index is 11.7. The molecule has 0 saturated carbocycles. The molecule has 0 aromatic carbocycles. The van der Waals surface area contributed by atoms with E-state index in [9.17, 15) is 4.79 Å². The number of carbonyl (C=O) groups is 1. The molecule has 6 heteroatoms. The van der Waals surface area contributed by atoms with Crippen molar-refractivity contribution in [3.63, 3.8) is 0 Å². The summed E-state index contributed by atoms with van der Waals surface area (Å²) < 4.78 is 0. The second-order valence-electron chi connectivity index (χ2n) is 6.95. The number of urea groups is 1. The fraction of sp³-hybridized carbons (Fsp3) is 0.733. The molecule has 2 rings (SSSR count). The third-order valence-electron chi connectivity index (χ3n) is 3.72. The maximum atomic E-state index is 11.7. The van der Waals surface area contributed by atoms with E-state index in [0.717, 1.165) is 44.0 Å². The Morgan fingerprint density at radius 3 is 2.90 bits per heavy atom. The van der Waals surface area contributed by atoms with Gasteiger partial charge in [-0.3, -0.25) is 4.90 Å². The van der Waals surface area contributed by atoms with Crippen molar-refractivity contribution in [2.24, 2.45) is 5.92 Å². The SMILES string of the molecule is Cc1[nH]cnc1CN1CC[C@H](CNC(=O)NC(C)(C)C)C1. The summed E-state index contributed by atoms with van der Waals surface area (Å²) in [6.45, 7) is 11.7. The number of aromatic nitrogens is 2. The van der Waals surface area contributed by atoms with Crippen LogP contribution in [-0.4, -0.2) is 46.1 Å². The van der Waals surface area contributed by atoms with Crippen molar-refractivity contribution < 1.29 is 4.79 Å². The van der Waals surface area contributed by atoms with E-state index in [1.165, 1.54) is 0 Å². The number of aromatic amines is 1. The quantitative estimate of drug-likeness (QED) is 0.790. The predicted octanol–water partition coefficient (Wildman–Crippen LogP) is 1.64. The minimum atomic E-state index is -0.191. The predicted molar refractivity (Wildman–Crippen MR) is 83.0 cm³/mol. The molecule has 1 atom stereocenters. The molecule has 0 spiro atoms. The molecule has 2 amide bonds. The minimum Gasteiger partial charge on any atom is -0.348 e. The van der Waals surface area contributed by atoms with Crippen LogP contribution in [-0.2, 0) is 6.54 Å². The Kier molecular flexibility index (Phi) is 4.88. The molecule has 6 nitrogen and oxygen atoms in total. The van der Waals surface area contributed by atoms with Gasteiger partial charge in [-0.05, 0) is 46.6 Å². The van der Waals surface area contributed by atoms with Gasteiger partial charge in [-0.25, -0.2) is 9.78 Å². The number of amides is 2. The number of nitrogens with zero attached hydrogens (tertiary/aromatic N) is 2. The van der Waals surface area contributed by atoms with Crippen LogP contribution in [0.4, 0.5) is 4.79 Å². The smallest absolute Gasteiger partial charge is 0.315 e. The minimum absolute atomic E-state index is 0.0795. The van der Waals surface area contributed by atoms with Crippen LogP contribution in [0.25, 0.3) is 0 Å². The van der Waals surface area contributed by atoms with Crippen LogP contribution in [0.1, 0.15) is 38.6 Å². The third-order valence-corrected chi connectivity index (χ3v) is 3.72. The lowest BCUT2D eigenvalue weighted by molar-refractivity contribution is 0.229. The fourth-order valence-corrected chi connectivity index (χ4v) is 2.60. The molecular formula is C15H27N5O. The zero-order chi connectivity index (χ0) is 15.5. The standard InChI is InChI=1S/C15H27N5O/c1-11-13(18-10-17-11)9-20-6-5-12(8-20)7-16-14(21)19-15(2,3)4/h10,12H,5-9H2,1-4H3,(H,17,18)(H2,16,19,21)/t12-/m1/s1. The van der Waals surface area contributed by atoms with Crippen LogP contribution in [0, 0.1) is 12.8 Å². The van der Waals surface area contributed by atoms with Gasteiger partial charge in [0.1, 0.15) is 0 Å². The molecule has 1 aromatic heterocycles. The monoisotopic (exact) mass is 293 g/mol. The summed E-state index contributed by atoms with van der Waals surface area (Å²) in [5.74, 6) is 0.523. The zero-order valence-electron chi connectivity index (χ0n) is 13.5. The molecule has 21 heavy (non-hydrogen) atoms. The van der Waals surface area contributed by atoms with Crippen molar-refractivity contribution in [1.82, 2.24) is 25.5 Å². The number of aryl methyl sites for hydroxylation is 1. The summed E-state index contributed by atoms with van der Waals surface area (Å²) in [6.07, 6.45) is 2.87. The molecule has 0 unspecified atom stereocenters. The van der Waals surface area contributed by atoms with Crippen LogP contribution in [0.2, 0.25) is 0 Å². The van der Waals surface area contributed by atoms with Crippen molar-refractivity contribution in [2.75, 3.05) is 19.6 Å². The number of imidazole rings is 1. The summed E-state index contributed by atoms with van der Waals surface area (Å²) in [5, 5.41) is 5.89. The Morgan fingerprint density at radius 1 is 1.52 bits per heavy atom. The molecule has 118 valence electrons. The number of nitrogens with one attached hydrogen (secondary N) is 3. The van der Waals surface area contributed by atoms with Crippen LogP contribution in [0.3, 0.4) is 0 Å². The molecular weight excluding hydrogens is 266 g/mol. The van der Waals surface area contributed by atoms with E-state index in [4.69, 9.17) is 0 Å². The van der Waals surface area contributed by atoms with Crippen LogP contribution >= 0.6 is 0 Å². The molecule has 0 radical (unpaired) electrons. The van der Waals surface area contributed by atoms with E-state index >= 15 is 0 Å². The lowest BCUT2D eigenvalue weighted by Gasteiger charge is -2.21. The van der Waals surface area contributed by atoms with Gasteiger partial charge in [0, 0.05) is 30.9 Å². The first-order valence-corrected chi connectivity index (χ1v) is 7.61. The Balaban J connectivity index is 1.71. The molecule has 1 aliphatic heterocycles. The number of H-pyrrole nitrogens is 1. The molecule has 0 aliphatic carbocycles. The van der Waals surface area contributed by atoms with Crippen LogP contribution in [0.15, 0.2) is 6.33 Å². The van der Waals surface area contributed by atoms with Gasteiger partial charge in [0.25, 0.3) is 0 Å². The highest BCUT2D eigenvalue weighted by Gasteiger charge is 2.24. The summed E-state index contributed by atoms with van der Waals surface area (Å²) in [7, 11) is 0. The summed E-state index contributed by atoms with van der Waals surface area (Å²) in [6, 6.07) is -0.0795. The highest BCUT2D eigenvalue weighted by molar-refractivity contribution is 5.74. The van der Waals surface area contributed by atoms with Gasteiger partial charge < -0.3 is 15.6 Å². The second-order valence-corrected chi connectivity index (χ2v) is 6.95. The first-order chi connectivity index (χ1) is 9.83. The highest BCUT2D eigenvalue weighted by Crippen LogP contribution is 2.18. The largest absolute Gasteiger partial charge is 0.348 e. The molecule has 1 fully saturated rings. The van der Waals surface area contributed by atoms with E-state index in [2.05, 4.69) is 25.5 Å². The molecule has 2 heterocycles. The lowest BCUT2D eigenvalue weighted by atomic mass is 10.1. The van der Waals surface area contributed by atoms with Gasteiger partial charge in [-0.15, -0.1) is 0 Å². The van der Waals surface area contributed by atoms with E-state index in [1.807, 2.05) is 27.7 Å². The lowest BCUT2D eigenvalue weighted by Crippen LogP contribution is -2.47. The molecule has 1 aliphatic rings. The van der Waals surface area contributed by atoms with E-state index in [1.54, 1.807) is 6.33 Å². The number of likely N-dealkylation sites (tertiary alicyclic amines) is 1. The van der Waals surface area contributed by atoms with Crippen molar-refractivity contribution in [1.29, 1.82) is 0 Å². The Hall–Kier alpha value is -1.56. The second kappa shape index (κ2) is 6.47. The summed E-state index contributed by atoms with van der Waals surface area (Å²) in [5.41, 5.74) is 2.07. The Bertz CT molecular complexity index is 477. The van der Waals surface area contributed by atoms with Gasteiger partial charge in [0.05, 0.1) is 12.0 Å². The van der Waals surface area contributed by atoms with Crippen LogP contribution in [0.5, 0.6) is 0 Å². The molecule has 3 N–H and O–H groups in total. The Labute approximate surface area is 126 Å². The van der Waals surface area contributed by atoms with Crippen LogP contribution < -0.4 is 10.6 Å². The normalized spacial score (nSPS) is 19.7. The van der Waals surface area contributed by atoms with Crippen molar-refractivity contribution in [3.05, 3.63) is 17.7 Å². The average molecular weight is 293 g/mol. The number of hydrogen-bond acceptors (Lipinski definition) is 3. The zero-order valence-corrected chi connectivity index (χ0v) is 13.5.